The van der Waals surface area contributed by atoms with Crippen molar-refractivity contribution in [1.82, 2.24) is 9.97 Å². The van der Waals surface area contributed by atoms with Gasteiger partial charge in [-0.05, 0) is 23.8 Å². The summed E-state index contributed by atoms with van der Waals surface area (Å²) in [6.07, 6.45) is 2.58. The SMILES string of the molecule is Brc1ccc(-c2ccnc(Cc3ccccc3)n2)cc1. The summed E-state index contributed by atoms with van der Waals surface area (Å²) in [4.78, 5) is 9.00. The van der Waals surface area contributed by atoms with Gasteiger partial charge in [-0.25, -0.2) is 9.97 Å². The van der Waals surface area contributed by atoms with Crippen molar-refractivity contribution < 1.29 is 0 Å². The van der Waals surface area contributed by atoms with Gasteiger partial charge in [0.2, 0.25) is 0 Å². The first-order valence-corrected chi connectivity index (χ1v) is 7.22. The second-order valence-electron chi connectivity index (χ2n) is 4.53. The molecule has 0 bridgehead atoms. The van der Waals surface area contributed by atoms with Gasteiger partial charge in [0.05, 0.1) is 5.69 Å². The van der Waals surface area contributed by atoms with E-state index in [1.807, 2.05) is 42.6 Å². The molecule has 98 valence electrons. The molecule has 0 aliphatic heterocycles. The summed E-state index contributed by atoms with van der Waals surface area (Å²) >= 11 is 3.44. The summed E-state index contributed by atoms with van der Waals surface area (Å²) in [6.45, 7) is 0. The molecular formula is C17H13BrN2. The molecule has 3 aromatic rings. The van der Waals surface area contributed by atoms with E-state index < -0.39 is 0 Å². The van der Waals surface area contributed by atoms with Gasteiger partial charge in [-0.15, -0.1) is 0 Å². The van der Waals surface area contributed by atoms with Crippen LogP contribution in [0.5, 0.6) is 0 Å². The largest absolute Gasteiger partial charge is 0.241 e. The molecule has 0 atom stereocenters. The second kappa shape index (κ2) is 5.97. The Labute approximate surface area is 126 Å². The van der Waals surface area contributed by atoms with Crippen LogP contribution in [-0.2, 0) is 6.42 Å². The first-order chi connectivity index (χ1) is 9.81. The summed E-state index contributed by atoms with van der Waals surface area (Å²) in [5, 5.41) is 0. The highest BCUT2D eigenvalue weighted by atomic mass is 79.9. The Hall–Kier alpha value is -2.00. The predicted molar refractivity (Wildman–Crippen MR) is 84.4 cm³/mol. The minimum Gasteiger partial charge on any atom is -0.241 e. The average Bonchev–Trinajstić information content (AvgIpc) is 2.49. The van der Waals surface area contributed by atoms with E-state index in [2.05, 4.69) is 50.2 Å². The first kappa shape index (κ1) is 13.0. The Morgan fingerprint density at radius 1 is 0.850 bits per heavy atom. The van der Waals surface area contributed by atoms with Crippen LogP contribution in [0.25, 0.3) is 11.3 Å². The number of benzene rings is 2. The molecule has 3 heteroatoms. The van der Waals surface area contributed by atoms with Crippen LogP contribution in [0.2, 0.25) is 0 Å². The van der Waals surface area contributed by atoms with Gasteiger partial charge < -0.3 is 0 Å². The Balaban J connectivity index is 1.88. The van der Waals surface area contributed by atoms with Gasteiger partial charge >= 0.3 is 0 Å². The molecule has 2 nitrogen and oxygen atoms in total. The molecule has 20 heavy (non-hydrogen) atoms. The van der Waals surface area contributed by atoms with Crippen LogP contribution in [-0.4, -0.2) is 9.97 Å². The summed E-state index contributed by atoms with van der Waals surface area (Å²) in [5.41, 5.74) is 3.28. The minimum atomic E-state index is 0.755. The summed E-state index contributed by atoms with van der Waals surface area (Å²) in [7, 11) is 0. The third-order valence-electron chi connectivity index (χ3n) is 3.05. The zero-order valence-corrected chi connectivity index (χ0v) is 12.4. The Kier molecular flexibility index (Phi) is 3.88. The van der Waals surface area contributed by atoms with Crippen molar-refractivity contribution in [2.24, 2.45) is 0 Å². The standard InChI is InChI=1S/C17H13BrN2/c18-15-8-6-14(7-9-15)16-10-11-19-17(20-16)12-13-4-2-1-3-5-13/h1-11H,12H2. The molecule has 3 rings (SSSR count). The zero-order valence-electron chi connectivity index (χ0n) is 10.8. The van der Waals surface area contributed by atoms with Crippen molar-refractivity contribution in [1.29, 1.82) is 0 Å². The molecule has 0 aliphatic rings. The maximum Gasteiger partial charge on any atom is 0.133 e. The molecule has 2 aromatic carbocycles. The first-order valence-electron chi connectivity index (χ1n) is 6.43. The Bertz CT molecular complexity index is 694. The molecule has 0 aliphatic carbocycles. The molecule has 0 saturated carbocycles. The van der Waals surface area contributed by atoms with E-state index in [4.69, 9.17) is 0 Å². The van der Waals surface area contributed by atoms with Crippen molar-refractivity contribution in [3.05, 3.63) is 82.7 Å². The van der Waals surface area contributed by atoms with Crippen molar-refractivity contribution >= 4 is 15.9 Å². The molecule has 1 aromatic heterocycles. The predicted octanol–water partition coefficient (Wildman–Crippen LogP) is 4.50. The lowest BCUT2D eigenvalue weighted by molar-refractivity contribution is 0.972. The highest BCUT2D eigenvalue weighted by Crippen LogP contribution is 2.20. The number of hydrogen-bond donors (Lipinski definition) is 0. The van der Waals surface area contributed by atoms with E-state index in [0.717, 1.165) is 28.0 Å². The Morgan fingerprint density at radius 2 is 1.60 bits per heavy atom. The molecule has 0 fully saturated rings. The van der Waals surface area contributed by atoms with Gasteiger partial charge in [-0.3, -0.25) is 0 Å². The van der Waals surface area contributed by atoms with E-state index in [-0.39, 0.29) is 0 Å². The minimum absolute atomic E-state index is 0.755. The smallest absolute Gasteiger partial charge is 0.133 e. The van der Waals surface area contributed by atoms with Crippen LogP contribution < -0.4 is 0 Å². The zero-order chi connectivity index (χ0) is 13.8. The van der Waals surface area contributed by atoms with Crippen molar-refractivity contribution in [2.45, 2.75) is 6.42 Å². The highest BCUT2D eigenvalue weighted by molar-refractivity contribution is 9.10. The molecular weight excluding hydrogens is 312 g/mol. The van der Waals surface area contributed by atoms with Gasteiger partial charge in [0, 0.05) is 22.7 Å². The van der Waals surface area contributed by atoms with Crippen LogP contribution in [0, 0.1) is 0 Å². The summed E-state index contributed by atoms with van der Waals surface area (Å²) < 4.78 is 1.07. The quantitative estimate of drug-likeness (QED) is 0.709. The number of halogens is 1. The van der Waals surface area contributed by atoms with Crippen molar-refractivity contribution in [3.8, 4) is 11.3 Å². The second-order valence-corrected chi connectivity index (χ2v) is 5.44. The molecule has 1 heterocycles. The van der Waals surface area contributed by atoms with Gasteiger partial charge in [0.1, 0.15) is 5.82 Å². The van der Waals surface area contributed by atoms with Crippen LogP contribution in [0.3, 0.4) is 0 Å². The molecule has 0 radical (unpaired) electrons. The molecule has 0 saturated heterocycles. The lowest BCUT2D eigenvalue weighted by Gasteiger charge is -2.04. The lowest BCUT2D eigenvalue weighted by Crippen LogP contribution is -1.97. The van der Waals surface area contributed by atoms with Crippen LogP contribution in [0.1, 0.15) is 11.4 Å². The third kappa shape index (κ3) is 3.11. The van der Waals surface area contributed by atoms with E-state index in [0.29, 0.717) is 0 Å². The molecule has 0 unspecified atom stereocenters. The maximum absolute atomic E-state index is 4.64. The van der Waals surface area contributed by atoms with Gasteiger partial charge in [0.15, 0.2) is 0 Å². The lowest BCUT2D eigenvalue weighted by atomic mass is 10.1. The number of nitrogens with zero attached hydrogens (tertiary/aromatic N) is 2. The summed E-state index contributed by atoms with van der Waals surface area (Å²) in [6, 6.07) is 20.4. The topological polar surface area (TPSA) is 25.8 Å². The fourth-order valence-corrected chi connectivity index (χ4v) is 2.31. The van der Waals surface area contributed by atoms with Crippen LogP contribution in [0.15, 0.2) is 71.3 Å². The fraction of sp³-hybridized carbons (Fsp3) is 0.0588. The number of rotatable bonds is 3. The number of aromatic nitrogens is 2. The van der Waals surface area contributed by atoms with E-state index in [1.165, 1.54) is 5.56 Å². The van der Waals surface area contributed by atoms with E-state index >= 15 is 0 Å². The summed E-state index contributed by atoms with van der Waals surface area (Å²) in [5.74, 6) is 0.844. The molecule has 0 amide bonds. The normalized spacial score (nSPS) is 10.4. The maximum atomic E-state index is 4.64. The van der Waals surface area contributed by atoms with Crippen LogP contribution in [0.4, 0.5) is 0 Å². The van der Waals surface area contributed by atoms with E-state index in [9.17, 15) is 0 Å². The Morgan fingerprint density at radius 3 is 2.35 bits per heavy atom. The fourth-order valence-electron chi connectivity index (χ4n) is 2.04. The number of hydrogen-bond acceptors (Lipinski definition) is 2. The molecule has 0 N–H and O–H groups in total. The van der Waals surface area contributed by atoms with Crippen LogP contribution >= 0.6 is 15.9 Å². The van der Waals surface area contributed by atoms with Gasteiger partial charge in [0.25, 0.3) is 0 Å². The third-order valence-corrected chi connectivity index (χ3v) is 3.58. The van der Waals surface area contributed by atoms with Crippen molar-refractivity contribution in [3.63, 3.8) is 0 Å². The molecule has 0 spiro atoms. The van der Waals surface area contributed by atoms with Gasteiger partial charge in [-0.2, -0.15) is 0 Å². The van der Waals surface area contributed by atoms with E-state index in [1.54, 1.807) is 0 Å². The highest BCUT2D eigenvalue weighted by Gasteiger charge is 2.03. The van der Waals surface area contributed by atoms with Crippen molar-refractivity contribution in [2.75, 3.05) is 0 Å². The van der Waals surface area contributed by atoms with Gasteiger partial charge in [-0.1, -0.05) is 58.4 Å². The average molecular weight is 325 g/mol. The monoisotopic (exact) mass is 324 g/mol.